The molecule has 0 saturated carbocycles. The van der Waals surface area contributed by atoms with Gasteiger partial charge in [0.2, 0.25) is 23.6 Å². The number of anilines is 1. The van der Waals surface area contributed by atoms with E-state index in [2.05, 4.69) is 20.7 Å². The summed E-state index contributed by atoms with van der Waals surface area (Å²) in [6.07, 6.45) is 2.39. The fourth-order valence-corrected chi connectivity index (χ4v) is 6.56. The second-order valence-electron chi connectivity index (χ2n) is 15.6. The molecule has 0 aromatic heterocycles. The molecule has 2 aliphatic rings. The molecule has 1 fully saturated rings. The van der Waals surface area contributed by atoms with Crippen molar-refractivity contribution >= 4 is 47.1 Å². The van der Waals surface area contributed by atoms with Crippen LogP contribution < -0.4 is 16.0 Å². The highest BCUT2D eigenvalue weighted by molar-refractivity contribution is 6.26. The summed E-state index contributed by atoms with van der Waals surface area (Å²) in [5, 5.41) is 15.9. The highest BCUT2D eigenvalue weighted by Gasteiger charge is 2.45. The monoisotopic (exact) mass is 1030 g/mol. The van der Waals surface area contributed by atoms with Crippen LogP contribution in [0.2, 0.25) is 0 Å². The normalized spacial score (nSPS) is 14.5. The van der Waals surface area contributed by atoms with Crippen molar-refractivity contribution in [2.24, 2.45) is 0 Å². The predicted octanol–water partition coefficient (Wildman–Crippen LogP) is 0.00330. The first kappa shape index (κ1) is 61.7. The number of carbonyl (C=O) groups is 7. The summed E-state index contributed by atoms with van der Waals surface area (Å²) in [7, 11) is 0. The number of nitrogens with one attached hydrogen (secondary N) is 3. The predicted molar refractivity (Wildman–Crippen MR) is 252 cm³/mol. The van der Waals surface area contributed by atoms with E-state index in [4.69, 9.17) is 61.9 Å². The minimum absolute atomic E-state index is 0.0210. The number of unbranched alkanes of at least 4 members (excludes halogenated alkanes) is 2. The highest BCUT2D eigenvalue weighted by Crippen LogP contribution is 2.32. The van der Waals surface area contributed by atoms with Crippen molar-refractivity contribution in [2.45, 2.75) is 44.6 Å². The van der Waals surface area contributed by atoms with Crippen molar-refractivity contribution < 1.29 is 100 Å². The molecule has 72 heavy (non-hydrogen) atoms. The Labute approximate surface area is 419 Å². The molecule has 1 unspecified atom stereocenters. The van der Waals surface area contributed by atoms with Gasteiger partial charge in [-0.3, -0.25) is 39.0 Å². The average molecular weight is 1030 g/mol. The fraction of sp³-hybridized carbons (Fsp3) is 0.723. The van der Waals surface area contributed by atoms with Gasteiger partial charge in [-0.15, -0.1) is 0 Å². The summed E-state index contributed by atoms with van der Waals surface area (Å²) in [6, 6.07) is 3.50. The third kappa shape index (κ3) is 28.6. The molecule has 1 atom stereocenters. The second-order valence-corrected chi connectivity index (χ2v) is 15.6. The molecule has 2 aliphatic heterocycles. The van der Waals surface area contributed by atoms with Crippen LogP contribution in [0.1, 0.15) is 59.2 Å². The van der Waals surface area contributed by atoms with E-state index in [1.54, 1.807) is 12.1 Å². The topological polar surface area (TPSA) is 299 Å². The molecule has 25 heteroatoms. The van der Waals surface area contributed by atoms with Gasteiger partial charge in [-0.2, -0.15) is 0 Å². The zero-order valence-electron chi connectivity index (χ0n) is 41.2. The average Bonchev–Trinajstić information content (AvgIpc) is 3.61. The summed E-state index contributed by atoms with van der Waals surface area (Å²) in [5.41, 5.74) is 0.359. The van der Waals surface area contributed by atoms with E-state index in [0.29, 0.717) is 165 Å². The summed E-state index contributed by atoms with van der Waals surface area (Å²) in [6.45, 7) is 9.85. The third-order valence-electron chi connectivity index (χ3n) is 10.1. The lowest BCUT2D eigenvalue weighted by atomic mass is 10.0. The van der Waals surface area contributed by atoms with Crippen molar-refractivity contribution in [1.29, 1.82) is 0 Å². The third-order valence-corrected chi connectivity index (χ3v) is 10.1. The number of benzene rings is 1. The Hall–Kier alpha value is -4.61. The van der Waals surface area contributed by atoms with Gasteiger partial charge in [0, 0.05) is 26.0 Å². The molecule has 0 spiro atoms. The molecule has 1 aromatic carbocycles. The number of nitrogens with zero attached hydrogens (tertiary/aromatic N) is 1. The number of ether oxygens (including phenoxy) is 13. The summed E-state index contributed by atoms with van der Waals surface area (Å²) in [5.74, 6) is -4.29. The van der Waals surface area contributed by atoms with Gasteiger partial charge < -0.3 is 77.3 Å². The Morgan fingerprint density at radius 2 is 0.972 bits per heavy atom. The van der Waals surface area contributed by atoms with Gasteiger partial charge >= 0.3 is 5.97 Å². The number of carbonyl (C=O) groups excluding carboxylic acids is 6. The van der Waals surface area contributed by atoms with E-state index in [0.717, 1.165) is 17.7 Å². The van der Waals surface area contributed by atoms with Crippen LogP contribution in [0.3, 0.4) is 0 Å². The molecule has 2 heterocycles. The fourth-order valence-electron chi connectivity index (χ4n) is 6.56. The quantitative estimate of drug-likeness (QED) is 0.0493. The highest BCUT2D eigenvalue weighted by atomic mass is 16.6. The number of hydrogen-bond donors (Lipinski definition) is 4. The lowest BCUT2D eigenvalue weighted by molar-refractivity contribution is -0.143. The molecule has 3 rings (SSSR count). The van der Waals surface area contributed by atoms with Crippen LogP contribution in [-0.2, 0) is 85.6 Å². The van der Waals surface area contributed by atoms with E-state index in [1.807, 2.05) is 0 Å². The first-order valence-corrected chi connectivity index (χ1v) is 24.3. The SMILES string of the molecule is O=C(O)COCC(=O)NCCOCCOCCOCCOCCOCCOCCOCCOCCOCCOCCOCCOCCCCCC(=O)Nc1cccc2c1C(=O)N(C1CCC(=O)NC1=O)C2=O. The Morgan fingerprint density at radius 3 is 1.42 bits per heavy atom. The van der Waals surface area contributed by atoms with Crippen LogP contribution in [-0.4, -0.2) is 236 Å². The Morgan fingerprint density at radius 1 is 0.528 bits per heavy atom. The van der Waals surface area contributed by atoms with E-state index in [9.17, 15) is 33.6 Å². The van der Waals surface area contributed by atoms with Crippen molar-refractivity contribution in [3.05, 3.63) is 29.3 Å². The molecule has 0 aliphatic carbocycles. The number of carboxylic acids is 1. The minimum Gasteiger partial charge on any atom is -0.480 e. The van der Waals surface area contributed by atoms with Crippen LogP contribution in [0.4, 0.5) is 5.69 Å². The van der Waals surface area contributed by atoms with E-state index in [-0.39, 0.29) is 55.1 Å². The molecule has 1 saturated heterocycles. The summed E-state index contributed by atoms with van der Waals surface area (Å²) >= 11 is 0. The molecule has 0 radical (unpaired) electrons. The van der Waals surface area contributed by atoms with Crippen LogP contribution in [0.25, 0.3) is 0 Å². The number of aliphatic carboxylic acids is 1. The van der Waals surface area contributed by atoms with Gasteiger partial charge in [-0.1, -0.05) is 12.5 Å². The molecule has 4 N–H and O–H groups in total. The van der Waals surface area contributed by atoms with Gasteiger partial charge in [-0.25, -0.2) is 4.79 Å². The zero-order valence-corrected chi connectivity index (χ0v) is 41.2. The summed E-state index contributed by atoms with van der Waals surface area (Å²) in [4.78, 5) is 85.4. The lowest BCUT2D eigenvalue weighted by Crippen LogP contribution is -2.54. The molecule has 25 nitrogen and oxygen atoms in total. The standard InChI is InChI=1S/C47H74N4O21/c52-40(49-38-6-4-5-37-44(38)47(59)51(46(37)58)39-8-9-41(53)50-45(39)57)7-2-1-3-11-60-13-15-62-17-19-64-21-23-66-25-27-68-29-31-70-33-34-71-32-30-69-28-26-67-24-22-65-20-18-63-16-14-61-12-10-48-42(54)35-72-36-43(55)56/h4-6,39H,1-3,7-36H2,(H,48,54)(H,49,52)(H,55,56)(H,50,53,57). The van der Waals surface area contributed by atoms with Crippen molar-refractivity contribution in [2.75, 3.05) is 184 Å². The van der Waals surface area contributed by atoms with Gasteiger partial charge in [0.1, 0.15) is 19.3 Å². The van der Waals surface area contributed by atoms with E-state index < -0.39 is 48.2 Å². The van der Waals surface area contributed by atoms with Gasteiger partial charge in [0.05, 0.1) is 169 Å². The van der Waals surface area contributed by atoms with Crippen LogP contribution >= 0.6 is 0 Å². The van der Waals surface area contributed by atoms with Gasteiger partial charge in [0.15, 0.2) is 0 Å². The number of hydrogen-bond acceptors (Lipinski definition) is 20. The number of rotatable bonds is 48. The smallest absolute Gasteiger partial charge is 0.329 e. The van der Waals surface area contributed by atoms with Crippen LogP contribution in [0.15, 0.2) is 18.2 Å². The van der Waals surface area contributed by atoms with Crippen molar-refractivity contribution in [3.63, 3.8) is 0 Å². The minimum atomic E-state index is -1.13. The Bertz CT molecular complexity index is 1720. The molecular formula is C47H74N4O21. The second kappa shape index (κ2) is 40.8. The van der Waals surface area contributed by atoms with Gasteiger partial charge in [0.25, 0.3) is 11.8 Å². The maximum atomic E-state index is 13.2. The number of fused-ring (bicyclic) bond motifs is 1. The first-order valence-electron chi connectivity index (χ1n) is 24.3. The van der Waals surface area contributed by atoms with Crippen LogP contribution in [0.5, 0.6) is 0 Å². The van der Waals surface area contributed by atoms with Crippen molar-refractivity contribution in [3.8, 4) is 0 Å². The molecule has 0 bridgehead atoms. The summed E-state index contributed by atoms with van der Waals surface area (Å²) < 4.78 is 70.4. The largest absolute Gasteiger partial charge is 0.480 e. The van der Waals surface area contributed by atoms with Crippen LogP contribution in [0, 0.1) is 0 Å². The van der Waals surface area contributed by atoms with Gasteiger partial charge in [-0.05, 0) is 31.4 Å². The zero-order chi connectivity index (χ0) is 51.7. The lowest BCUT2D eigenvalue weighted by Gasteiger charge is -2.27. The number of carboxylic acid groups (broad SMARTS) is 1. The number of piperidine rings is 1. The van der Waals surface area contributed by atoms with E-state index in [1.165, 1.54) is 6.07 Å². The maximum Gasteiger partial charge on any atom is 0.329 e. The van der Waals surface area contributed by atoms with Crippen molar-refractivity contribution in [1.82, 2.24) is 15.5 Å². The van der Waals surface area contributed by atoms with E-state index >= 15 is 0 Å². The first-order chi connectivity index (χ1) is 35.2. The number of amides is 6. The Kier molecular flexibility index (Phi) is 35.0. The Balaban J connectivity index is 0.944. The molecule has 6 amide bonds. The molecule has 1 aromatic rings. The molecular weight excluding hydrogens is 957 g/mol. The number of imide groups is 2. The maximum absolute atomic E-state index is 13.2. The molecule has 408 valence electrons.